The Morgan fingerprint density at radius 2 is 1.88 bits per heavy atom. The van der Waals surface area contributed by atoms with Crippen LogP contribution in [0.4, 0.5) is 11.4 Å². The normalized spacial score (nSPS) is 17.3. The quantitative estimate of drug-likeness (QED) is 0.891. The first-order valence-corrected chi connectivity index (χ1v) is 9.19. The third-order valence-electron chi connectivity index (χ3n) is 5.10. The van der Waals surface area contributed by atoms with Crippen molar-refractivity contribution in [3.05, 3.63) is 59.7 Å². The Morgan fingerprint density at radius 1 is 1.12 bits per heavy atom. The van der Waals surface area contributed by atoms with Crippen LogP contribution in [0.25, 0.3) is 0 Å². The van der Waals surface area contributed by atoms with Crippen LogP contribution in [0.5, 0.6) is 0 Å². The number of hydrogen-bond acceptors (Lipinski definition) is 3. The van der Waals surface area contributed by atoms with E-state index in [0.29, 0.717) is 0 Å². The molecule has 1 saturated carbocycles. The zero-order valence-electron chi connectivity index (χ0n) is 14.7. The summed E-state index contributed by atoms with van der Waals surface area (Å²) in [5, 5.41) is 2.90. The summed E-state index contributed by atoms with van der Waals surface area (Å²) in [6.45, 7) is 0.785. The van der Waals surface area contributed by atoms with Crippen molar-refractivity contribution >= 4 is 23.2 Å². The fourth-order valence-electron chi connectivity index (χ4n) is 3.49. The molecule has 5 nitrogen and oxygen atoms in total. The second kappa shape index (κ2) is 6.92. The SMILES string of the molecule is N[C@H](C(=O)Nc1ccc2c(c1)CCCN2C(=O)C1CC1)c1ccccc1. The van der Waals surface area contributed by atoms with Crippen LogP contribution in [0.1, 0.15) is 36.4 Å². The average molecular weight is 349 g/mol. The van der Waals surface area contributed by atoms with E-state index >= 15 is 0 Å². The van der Waals surface area contributed by atoms with E-state index in [2.05, 4.69) is 5.32 Å². The van der Waals surface area contributed by atoms with Crippen molar-refractivity contribution in [3.63, 3.8) is 0 Å². The lowest BCUT2D eigenvalue weighted by molar-refractivity contribution is -0.120. The van der Waals surface area contributed by atoms with E-state index in [0.717, 1.165) is 54.7 Å². The van der Waals surface area contributed by atoms with Crippen molar-refractivity contribution in [1.29, 1.82) is 0 Å². The molecule has 2 aromatic rings. The molecule has 2 amide bonds. The van der Waals surface area contributed by atoms with E-state index in [1.165, 1.54) is 0 Å². The maximum Gasteiger partial charge on any atom is 0.245 e. The molecule has 2 aromatic carbocycles. The van der Waals surface area contributed by atoms with Gasteiger partial charge in [0, 0.05) is 23.8 Å². The summed E-state index contributed by atoms with van der Waals surface area (Å²) in [6.07, 6.45) is 3.89. The summed E-state index contributed by atoms with van der Waals surface area (Å²) < 4.78 is 0. The maximum absolute atomic E-state index is 12.5. The molecule has 2 aliphatic rings. The summed E-state index contributed by atoms with van der Waals surface area (Å²) >= 11 is 0. The molecule has 0 aromatic heterocycles. The number of hydrogen-bond donors (Lipinski definition) is 2. The lowest BCUT2D eigenvalue weighted by Crippen LogP contribution is -2.36. The number of carbonyl (C=O) groups excluding carboxylic acids is 2. The van der Waals surface area contributed by atoms with E-state index in [1.807, 2.05) is 53.4 Å². The first-order chi connectivity index (χ1) is 12.6. The van der Waals surface area contributed by atoms with Gasteiger partial charge in [-0.15, -0.1) is 0 Å². The highest BCUT2D eigenvalue weighted by molar-refractivity contribution is 5.99. The van der Waals surface area contributed by atoms with Crippen molar-refractivity contribution in [2.24, 2.45) is 11.7 Å². The molecule has 3 N–H and O–H groups in total. The number of anilines is 2. The molecule has 1 aliphatic carbocycles. The zero-order chi connectivity index (χ0) is 18.1. The van der Waals surface area contributed by atoms with Crippen LogP contribution in [-0.4, -0.2) is 18.4 Å². The van der Waals surface area contributed by atoms with Crippen molar-refractivity contribution in [1.82, 2.24) is 0 Å². The predicted molar refractivity (Wildman–Crippen MR) is 102 cm³/mol. The fourth-order valence-corrected chi connectivity index (χ4v) is 3.49. The van der Waals surface area contributed by atoms with E-state index in [1.54, 1.807) is 0 Å². The number of nitrogens with one attached hydrogen (secondary N) is 1. The smallest absolute Gasteiger partial charge is 0.245 e. The van der Waals surface area contributed by atoms with Gasteiger partial charge in [-0.1, -0.05) is 30.3 Å². The number of aryl methyl sites for hydroxylation is 1. The fraction of sp³-hybridized carbons (Fsp3) is 0.333. The summed E-state index contributed by atoms with van der Waals surface area (Å²) in [4.78, 5) is 26.8. The number of fused-ring (bicyclic) bond motifs is 1. The van der Waals surface area contributed by atoms with Crippen LogP contribution in [-0.2, 0) is 16.0 Å². The van der Waals surface area contributed by atoms with E-state index in [9.17, 15) is 9.59 Å². The Bertz CT molecular complexity index is 830. The Labute approximate surface area is 153 Å². The highest BCUT2D eigenvalue weighted by Gasteiger charge is 2.35. The van der Waals surface area contributed by atoms with Gasteiger partial charge in [-0.05, 0) is 55.0 Å². The highest BCUT2D eigenvalue weighted by atomic mass is 16.2. The monoisotopic (exact) mass is 349 g/mol. The standard InChI is InChI=1S/C21H23N3O2/c22-19(14-5-2-1-3-6-14)20(25)23-17-10-11-18-16(13-17)7-4-12-24(18)21(26)15-8-9-15/h1-3,5-6,10-11,13,15,19H,4,7-9,12,22H2,(H,23,25)/t19-/m0/s1. The molecule has 1 heterocycles. The third kappa shape index (κ3) is 3.35. The van der Waals surface area contributed by atoms with Gasteiger partial charge >= 0.3 is 0 Å². The molecular formula is C21H23N3O2. The number of nitrogens with zero attached hydrogens (tertiary/aromatic N) is 1. The van der Waals surface area contributed by atoms with Crippen molar-refractivity contribution in [2.45, 2.75) is 31.7 Å². The molecular weight excluding hydrogens is 326 g/mol. The van der Waals surface area contributed by atoms with E-state index in [4.69, 9.17) is 5.73 Å². The summed E-state index contributed by atoms with van der Waals surface area (Å²) in [5.41, 5.74) is 9.66. The first kappa shape index (κ1) is 16.8. The molecule has 1 atom stereocenters. The Morgan fingerprint density at radius 3 is 2.62 bits per heavy atom. The minimum Gasteiger partial charge on any atom is -0.324 e. The van der Waals surface area contributed by atoms with Crippen molar-refractivity contribution in [2.75, 3.05) is 16.8 Å². The van der Waals surface area contributed by atoms with Gasteiger partial charge in [0.1, 0.15) is 6.04 Å². The molecule has 0 saturated heterocycles. The highest BCUT2D eigenvalue weighted by Crippen LogP contribution is 2.36. The molecule has 0 unspecified atom stereocenters. The number of carbonyl (C=O) groups is 2. The first-order valence-electron chi connectivity index (χ1n) is 9.19. The molecule has 4 rings (SSSR count). The molecule has 5 heteroatoms. The van der Waals surface area contributed by atoms with Gasteiger partial charge in [0.15, 0.2) is 0 Å². The van der Waals surface area contributed by atoms with E-state index in [-0.39, 0.29) is 17.7 Å². The second-order valence-corrected chi connectivity index (χ2v) is 7.09. The Kier molecular flexibility index (Phi) is 4.47. The van der Waals surface area contributed by atoms with Crippen LogP contribution in [0.3, 0.4) is 0 Å². The molecule has 0 spiro atoms. The summed E-state index contributed by atoms with van der Waals surface area (Å²) in [7, 11) is 0. The lowest BCUT2D eigenvalue weighted by atomic mass is 10.00. The second-order valence-electron chi connectivity index (χ2n) is 7.09. The molecule has 1 fully saturated rings. The van der Waals surface area contributed by atoms with Gasteiger partial charge in [-0.25, -0.2) is 0 Å². The largest absolute Gasteiger partial charge is 0.324 e. The van der Waals surface area contributed by atoms with Gasteiger partial charge in [0.05, 0.1) is 0 Å². The molecule has 134 valence electrons. The molecule has 1 aliphatic heterocycles. The van der Waals surface area contributed by atoms with Crippen molar-refractivity contribution in [3.8, 4) is 0 Å². The number of nitrogens with two attached hydrogens (primary N) is 1. The van der Waals surface area contributed by atoms with Crippen LogP contribution in [0, 0.1) is 5.92 Å². The van der Waals surface area contributed by atoms with Gasteiger partial charge in [0.25, 0.3) is 0 Å². The summed E-state index contributed by atoms with van der Waals surface area (Å²) in [5.74, 6) is 0.218. The summed E-state index contributed by atoms with van der Waals surface area (Å²) in [6, 6.07) is 14.4. The van der Waals surface area contributed by atoms with Crippen LogP contribution in [0.15, 0.2) is 48.5 Å². The zero-order valence-corrected chi connectivity index (χ0v) is 14.7. The third-order valence-corrected chi connectivity index (χ3v) is 5.10. The number of rotatable bonds is 4. The number of amides is 2. The van der Waals surface area contributed by atoms with Crippen LogP contribution >= 0.6 is 0 Å². The minimum atomic E-state index is -0.708. The van der Waals surface area contributed by atoms with Crippen LogP contribution in [0.2, 0.25) is 0 Å². The Balaban J connectivity index is 1.50. The van der Waals surface area contributed by atoms with Crippen LogP contribution < -0.4 is 16.0 Å². The van der Waals surface area contributed by atoms with E-state index < -0.39 is 6.04 Å². The maximum atomic E-state index is 12.5. The lowest BCUT2D eigenvalue weighted by Gasteiger charge is -2.30. The average Bonchev–Trinajstić information content (AvgIpc) is 3.52. The van der Waals surface area contributed by atoms with Gasteiger partial charge < -0.3 is 16.0 Å². The topological polar surface area (TPSA) is 75.4 Å². The Hall–Kier alpha value is -2.66. The molecule has 26 heavy (non-hydrogen) atoms. The van der Waals surface area contributed by atoms with Gasteiger partial charge in [-0.2, -0.15) is 0 Å². The minimum absolute atomic E-state index is 0.212. The van der Waals surface area contributed by atoms with Crippen molar-refractivity contribution < 1.29 is 9.59 Å². The predicted octanol–water partition coefficient (Wildman–Crippen LogP) is 3.01. The molecule has 0 radical (unpaired) electrons. The van der Waals surface area contributed by atoms with Gasteiger partial charge in [0.2, 0.25) is 11.8 Å². The van der Waals surface area contributed by atoms with Gasteiger partial charge in [-0.3, -0.25) is 9.59 Å². The number of benzene rings is 2. The molecule has 0 bridgehead atoms.